The molecular weight excluding hydrogens is 421 g/mol. The molecule has 0 saturated heterocycles. The van der Waals surface area contributed by atoms with Crippen LogP contribution in [0.25, 0.3) is 0 Å². The lowest BCUT2D eigenvalue weighted by atomic mass is 10.0. The highest BCUT2D eigenvalue weighted by molar-refractivity contribution is 6.42. The lowest BCUT2D eigenvalue weighted by Gasteiger charge is -2.25. The van der Waals surface area contributed by atoms with Crippen molar-refractivity contribution < 1.29 is 9.63 Å². The lowest BCUT2D eigenvalue weighted by Crippen LogP contribution is -2.43. The van der Waals surface area contributed by atoms with Crippen LogP contribution in [-0.4, -0.2) is 35.8 Å². The van der Waals surface area contributed by atoms with Gasteiger partial charge < -0.3 is 15.1 Å². The van der Waals surface area contributed by atoms with Crippen molar-refractivity contribution in [3.8, 4) is 0 Å². The molecule has 5 nitrogen and oxygen atoms in total. The molecule has 8 heteroatoms. The predicted molar refractivity (Wildman–Crippen MR) is 113 cm³/mol. The summed E-state index contributed by atoms with van der Waals surface area (Å²) in [6.07, 6.45) is 0.329. The molecule has 0 saturated carbocycles. The van der Waals surface area contributed by atoms with E-state index >= 15 is 0 Å². The average molecular weight is 441 g/mol. The van der Waals surface area contributed by atoms with Crippen molar-refractivity contribution in [3.63, 3.8) is 0 Å². The smallest absolute Gasteiger partial charge is 0.317 e. The van der Waals surface area contributed by atoms with Gasteiger partial charge in [-0.2, -0.15) is 0 Å². The Labute approximate surface area is 179 Å². The molecule has 1 unspecified atom stereocenters. The Kier molecular flexibility index (Phi) is 7.05. The summed E-state index contributed by atoms with van der Waals surface area (Å²) >= 11 is 18.1. The summed E-state index contributed by atoms with van der Waals surface area (Å²) in [5.74, 6) is 0. The van der Waals surface area contributed by atoms with Gasteiger partial charge in [-0.25, -0.2) is 4.79 Å². The number of nitrogens with zero attached hydrogens (tertiary/aromatic N) is 2. The van der Waals surface area contributed by atoms with Gasteiger partial charge in [0, 0.05) is 30.1 Å². The zero-order chi connectivity index (χ0) is 20.1. The molecule has 0 aromatic heterocycles. The van der Waals surface area contributed by atoms with Crippen LogP contribution in [0.5, 0.6) is 0 Å². The highest BCUT2D eigenvalue weighted by Gasteiger charge is 2.27. The van der Waals surface area contributed by atoms with Crippen molar-refractivity contribution in [3.05, 3.63) is 68.7 Å². The normalized spacial score (nSPS) is 15.7. The van der Waals surface area contributed by atoms with Gasteiger partial charge in [0.2, 0.25) is 0 Å². The summed E-state index contributed by atoms with van der Waals surface area (Å²) in [4.78, 5) is 19.8. The van der Waals surface area contributed by atoms with Crippen LogP contribution in [0.15, 0.2) is 47.6 Å². The number of carbonyl (C=O) groups excluding carboxylic acids is 1. The molecule has 3 rings (SSSR count). The maximum Gasteiger partial charge on any atom is 0.317 e. The fourth-order valence-corrected chi connectivity index (χ4v) is 3.47. The van der Waals surface area contributed by atoms with Crippen LogP contribution in [0.4, 0.5) is 4.79 Å². The third-order valence-corrected chi connectivity index (χ3v) is 5.26. The monoisotopic (exact) mass is 439 g/mol. The van der Waals surface area contributed by atoms with Crippen molar-refractivity contribution in [2.24, 2.45) is 5.16 Å². The van der Waals surface area contributed by atoms with Gasteiger partial charge in [-0.05, 0) is 36.8 Å². The largest absolute Gasteiger partial charge is 0.390 e. The fraction of sp³-hybridized carbons (Fsp3) is 0.300. The number of nitrogens with one attached hydrogen (secondary N) is 1. The van der Waals surface area contributed by atoms with Crippen LogP contribution in [0.2, 0.25) is 15.1 Å². The van der Waals surface area contributed by atoms with Crippen molar-refractivity contribution in [1.29, 1.82) is 0 Å². The SMILES string of the molecule is CCNC(=O)N(Cc1cccc(Cl)c1)CC1CC(c2ccc(Cl)c(Cl)c2)=NO1. The minimum absolute atomic E-state index is 0.158. The maximum atomic E-state index is 12.5. The van der Waals surface area contributed by atoms with Gasteiger partial charge >= 0.3 is 6.03 Å². The fourth-order valence-electron chi connectivity index (χ4n) is 2.96. The van der Waals surface area contributed by atoms with E-state index in [1.54, 1.807) is 23.1 Å². The minimum atomic E-state index is -0.244. The van der Waals surface area contributed by atoms with E-state index in [4.69, 9.17) is 39.6 Å². The first-order chi connectivity index (χ1) is 13.5. The molecule has 2 aromatic rings. The average Bonchev–Trinajstić information content (AvgIpc) is 3.12. The third-order valence-electron chi connectivity index (χ3n) is 4.29. The number of amides is 2. The van der Waals surface area contributed by atoms with Crippen LogP contribution in [0.1, 0.15) is 24.5 Å². The predicted octanol–water partition coefficient (Wildman–Crippen LogP) is 5.37. The summed E-state index contributed by atoms with van der Waals surface area (Å²) in [5.41, 5.74) is 2.58. The molecule has 1 atom stereocenters. The van der Waals surface area contributed by atoms with Crippen molar-refractivity contribution >= 4 is 46.5 Å². The summed E-state index contributed by atoms with van der Waals surface area (Å²) < 4.78 is 0. The van der Waals surface area contributed by atoms with E-state index in [9.17, 15) is 4.79 Å². The van der Waals surface area contributed by atoms with Gasteiger partial charge in [0.15, 0.2) is 6.10 Å². The van der Waals surface area contributed by atoms with Gasteiger partial charge in [-0.1, -0.05) is 58.2 Å². The van der Waals surface area contributed by atoms with E-state index in [0.29, 0.717) is 41.1 Å². The number of oxime groups is 1. The first-order valence-corrected chi connectivity index (χ1v) is 10.0. The lowest BCUT2D eigenvalue weighted by molar-refractivity contribution is 0.0590. The Balaban J connectivity index is 1.67. The molecular formula is C20H20Cl3N3O2. The molecule has 148 valence electrons. The molecule has 0 bridgehead atoms. The molecule has 2 amide bonds. The maximum absolute atomic E-state index is 12.5. The van der Waals surface area contributed by atoms with Crippen LogP contribution in [-0.2, 0) is 11.4 Å². The number of carbonyl (C=O) groups is 1. The van der Waals surface area contributed by atoms with E-state index in [0.717, 1.165) is 16.8 Å². The van der Waals surface area contributed by atoms with Gasteiger partial charge in [0.25, 0.3) is 0 Å². The molecule has 1 heterocycles. The molecule has 0 aliphatic carbocycles. The third kappa shape index (κ3) is 5.31. The zero-order valence-corrected chi connectivity index (χ0v) is 17.6. The Morgan fingerprint density at radius 2 is 2.04 bits per heavy atom. The van der Waals surface area contributed by atoms with Gasteiger partial charge in [-0.15, -0.1) is 0 Å². The van der Waals surface area contributed by atoms with E-state index in [1.165, 1.54) is 0 Å². The van der Waals surface area contributed by atoms with Crippen LogP contribution in [0, 0.1) is 0 Å². The van der Waals surface area contributed by atoms with Crippen molar-refractivity contribution in [2.45, 2.75) is 26.0 Å². The van der Waals surface area contributed by atoms with E-state index in [2.05, 4.69) is 10.5 Å². The van der Waals surface area contributed by atoms with Gasteiger partial charge in [0.1, 0.15) is 0 Å². The van der Waals surface area contributed by atoms with E-state index in [-0.39, 0.29) is 12.1 Å². The number of halogens is 3. The number of hydrogen-bond acceptors (Lipinski definition) is 3. The van der Waals surface area contributed by atoms with Crippen LogP contribution < -0.4 is 5.32 Å². The van der Waals surface area contributed by atoms with Gasteiger partial charge in [0.05, 0.1) is 22.3 Å². The highest BCUT2D eigenvalue weighted by atomic mass is 35.5. The Morgan fingerprint density at radius 1 is 1.21 bits per heavy atom. The topological polar surface area (TPSA) is 53.9 Å². The first-order valence-electron chi connectivity index (χ1n) is 8.91. The Hall–Kier alpha value is -1.95. The molecule has 2 aromatic carbocycles. The Morgan fingerprint density at radius 3 is 2.75 bits per heavy atom. The standard InChI is InChI=1S/C20H20Cl3N3O2/c1-2-24-20(27)26(11-13-4-3-5-15(21)8-13)12-16-10-19(25-28-16)14-6-7-17(22)18(23)9-14/h3-9,16H,2,10-12H2,1H3,(H,24,27). The highest BCUT2D eigenvalue weighted by Crippen LogP contribution is 2.26. The molecule has 1 N–H and O–H groups in total. The molecule has 0 spiro atoms. The summed E-state index contributed by atoms with van der Waals surface area (Å²) in [5, 5.41) is 8.61. The number of rotatable bonds is 6. The van der Waals surface area contributed by atoms with Crippen molar-refractivity contribution in [1.82, 2.24) is 10.2 Å². The van der Waals surface area contributed by atoms with Crippen LogP contribution in [0.3, 0.4) is 0 Å². The van der Waals surface area contributed by atoms with E-state index in [1.807, 2.05) is 31.2 Å². The number of urea groups is 1. The minimum Gasteiger partial charge on any atom is -0.390 e. The van der Waals surface area contributed by atoms with Crippen LogP contribution >= 0.6 is 34.8 Å². The first kappa shape index (κ1) is 20.8. The number of hydrogen-bond donors (Lipinski definition) is 1. The molecule has 1 aliphatic rings. The number of benzene rings is 2. The quantitative estimate of drug-likeness (QED) is 0.656. The zero-order valence-electron chi connectivity index (χ0n) is 15.3. The molecule has 0 radical (unpaired) electrons. The summed E-state index contributed by atoms with van der Waals surface area (Å²) in [6, 6.07) is 12.6. The van der Waals surface area contributed by atoms with Crippen molar-refractivity contribution in [2.75, 3.05) is 13.1 Å². The summed E-state index contributed by atoms with van der Waals surface area (Å²) in [7, 11) is 0. The molecule has 0 fully saturated rings. The second-order valence-corrected chi connectivity index (χ2v) is 7.70. The summed E-state index contributed by atoms with van der Waals surface area (Å²) in [6.45, 7) is 3.25. The molecule has 1 aliphatic heterocycles. The Bertz CT molecular complexity index is 889. The van der Waals surface area contributed by atoms with E-state index < -0.39 is 0 Å². The second kappa shape index (κ2) is 9.50. The molecule has 28 heavy (non-hydrogen) atoms. The van der Waals surface area contributed by atoms with Gasteiger partial charge in [-0.3, -0.25) is 0 Å². The second-order valence-electron chi connectivity index (χ2n) is 6.44.